The van der Waals surface area contributed by atoms with E-state index in [2.05, 4.69) is 22.7 Å². The highest BCUT2D eigenvalue weighted by Crippen LogP contribution is 2.34. The molecule has 4 aromatic rings. The molecular weight excluding hydrogens is 469 g/mol. The van der Waals surface area contributed by atoms with Gasteiger partial charge in [0.15, 0.2) is 16.6 Å². The van der Waals surface area contributed by atoms with Crippen LogP contribution in [0, 0.1) is 17.1 Å². The molecule has 10 heteroatoms. The number of hydrogen-bond donors (Lipinski definition) is 0. The molecule has 1 fully saturated rings. The first-order valence-corrected chi connectivity index (χ1v) is 13.1. The van der Waals surface area contributed by atoms with Crippen LogP contribution in [0.25, 0.3) is 16.9 Å². The number of nitrogens with zero attached hydrogens (tertiary/aromatic N) is 7. The SMILES string of the molecule is CSN1CCC(c2ccc3nc(CC#N)c(N(C)c4nc(-c5ccc(F)cc5)cs4)n3n2)CC1. The van der Waals surface area contributed by atoms with Gasteiger partial charge in [-0.05, 0) is 55.5 Å². The first kappa shape index (κ1) is 22.8. The van der Waals surface area contributed by atoms with Gasteiger partial charge in [0.05, 0.1) is 29.6 Å². The molecule has 5 rings (SSSR count). The number of hydrogen-bond acceptors (Lipinski definition) is 8. The van der Waals surface area contributed by atoms with Crippen molar-refractivity contribution in [2.45, 2.75) is 25.2 Å². The van der Waals surface area contributed by atoms with Gasteiger partial charge in [0, 0.05) is 37.0 Å². The molecule has 0 spiro atoms. The minimum atomic E-state index is -0.274. The molecule has 0 radical (unpaired) electrons. The molecule has 1 aliphatic rings. The van der Waals surface area contributed by atoms with Gasteiger partial charge in [-0.2, -0.15) is 14.9 Å². The quantitative estimate of drug-likeness (QED) is 0.338. The first-order chi connectivity index (χ1) is 16.6. The third kappa shape index (κ3) is 4.39. The van der Waals surface area contributed by atoms with E-state index < -0.39 is 0 Å². The Morgan fingerprint density at radius 3 is 2.65 bits per heavy atom. The molecule has 0 atom stereocenters. The third-order valence-electron chi connectivity index (χ3n) is 6.16. The zero-order valence-corrected chi connectivity index (χ0v) is 20.6. The largest absolute Gasteiger partial charge is 0.304 e. The number of rotatable bonds is 6. The molecule has 1 aliphatic heterocycles. The summed E-state index contributed by atoms with van der Waals surface area (Å²) in [4.78, 5) is 11.4. The van der Waals surface area contributed by atoms with Crippen molar-refractivity contribution in [3.05, 3.63) is 59.0 Å². The highest BCUT2D eigenvalue weighted by atomic mass is 32.2. The number of anilines is 2. The van der Waals surface area contributed by atoms with E-state index in [1.165, 1.54) is 23.5 Å². The molecule has 0 saturated carbocycles. The molecular formula is C24H24FN7S2. The maximum atomic E-state index is 13.3. The molecule has 1 saturated heterocycles. The van der Waals surface area contributed by atoms with Crippen LogP contribution in [0.1, 0.15) is 30.1 Å². The molecule has 1 aromatic carbocycles. The summed E-state index contributed by atoms with van der Waals surface area (Å²) in [5.74, 6) is 0.877. The number of nitriles is 1. The molecule has 7 nitrogen and oxygen atoms in total. The highest BCUT2D eigenvalue weighted by molar-refractivity contribution is 7.96. The Hall–Kier alpha value is -3.00. The van der Waals surface area contributed by atoms with Gasteiger partial charge in [-0.15, -0.1) is 11.3 Å². The van der Waals surface area contributed by atoms with E-state index in [1.54, 1.807) is 24.1 Å². The van der Waals surface area contributed by atoms with E-state index in [0.717, 1.165) is 53.8 Å². The van der Waals surface area contributed by atoms with Crippen LogP contribution in [0.2, 0.25) is 0 Å². The van der Waals surface area contributed by atoms with Crippen LogP contribution in [0.4, 0.5) is 15.3 Å². The van der Waals surface area contributed by atoms with Gasteiger partial charge >= 0.3 is 0 Å². The zero-order valence-electron chi connectivity index (χ0n) is 19.0. The Bertz CT molecular complexity index is 1330. The molecule has 0 aliphatic carbocycles. The first-order valence-electron chi connectivity index (χ1n) is 11.1. The molecule has 0 amide bonds. The van der Waals surface area contributed by atoms with Crippen LogP contribution >= 0.6 is 23.3 Å². The van der Waals surface area contributed by atoms with Crippen molar-refractivity contribution in [3.63, 3.8) is 0 Å². The Balaban J connectivity index is 1.50. The van der Waals surface area contributed by atoms with E-state index in [4.69, 9.17) is 15.1 Å². The fourth-order valence-electron chi connectivity index (χ4n) is 4.32. The maximum Gasteiger partial charge on any atom is 0.191 e. The minimum Gasteiger partial charge on any atom is -0.304 e. The second-order valence-corrected chi connectivity index (χ2v) is 9.93. The zero-order chi connectivity index (χ0) is 23.7. The van der Waals surface area contributed by atoms with Crippen LogP contribution in [0.3, 0.4) is 0 Å². The van der Waals surface area contributed by atoms with Gasteiger partial charge in [-0.3, -0.25) is 4.31 Å². The maximum absolute atomic E-state index is 13.3. The summed E-state index contributed by atoms with van der Waals surface area (Å²) in [6.45, 7) is 2.10. The van der Waals surface area contributed by atoms with Crippen LogP contribution in [0.5, 0.6) is 0 Å². The van der Waals surface area contributed by atoms with E-state index in [9.17, 15) is 9.65 Å². The number of piperidine rings is 1. The summed E-state index contributed by atoms with van der Waals surface area (Å²) in [7, 11) is 1.92. The lowest BCUT2D eigenvalue weighted by Crippen LogP contribution is -2.27. The fourth-order valence-corrected chi connectivity index (χ4v) is 5.70. The lowest BCUT2D eigenvalue weighted by molar-refractivity contribution is 0.342. The summed E-state index contributed by atoms with van der Waals surface area (Å²) in [5.41, 5.74) is 4.06. The normalized spacial score (nSPS) is 15.0. The van der Waals surface area contributed by atoms with Crippen molar-refractivity contribution in [2.24, 2.45) is 0 Å². The minimum absolute atomic E-state index is 0.181. The summed E-state index contributed by atoms with van der Waals surface area (Å²) >= 11 is 3.28. The Morgan fingerprint density at radius 2 is 1.94 bits per heavy atom. The highest BCUT2D eigenvalue weighted by Gasteiger charge is 2.25. The van der Waals surface area contributed by atoms with Crippen LogP contribution in [-0.2, 0) is 6.42 Å². The van der Waals surface area contributed by atoms with Crippen LogP contribution < -0.4 is 4.90 Å². The lowest BCUT2D eigenvalue weighted by atomic mass is 9.94. The average Bonchev–Trinajstić information content (AvgIpc) is 3.49. The monoisotopic (exact) mass is 493 g/mol. The number of benzene rings is 1. The molecule has 0 bridgehead atoms. The summed E-state index contributed by atoms with van der Waals surface area (Å²) in [6, 6.07) is 12.6. The van der Waals surface area contributed by atoms with Gasteiger partial charge in [-0.25, -0.2) is 14.4 Å². The van der Waals surface area contributed by atoms with Crippen LogP contribution in [-0.4, -0.2) is 50.3 Å². The van der Waals surface area contributed by atoms with Crippen molar-refractivity contribution in [3.8, 4) is 17.3 Å². The van der Waals surface area contributed by atoms with Crippen molar-refractivity contribution in [1.29, 1.82) is 5.26 Å². The molecule has 174 valence electrons. The summed E-state index contributed by atoms with van der Waals surface area (Å²) in [6.07, 6.45) is 4.44. The van der Waals surface area contributed by atoms with E-state index in [0.29, 0.717) is 17.3 Å². The van der Waals surface area contributed by atoms with Gasteiger partial charge < -0.3 is 4.90 Å². The van der Waals surface area contributed by atoms with E-state index in [-0.39, 0.29) is 12.2 Å². The van der Waals surface area contributed by atoms with E-state index in [1.807, 2.05) is 27.9 Å². The molecule has 0 N–H and O–H groups in total. The topological polar surface area (TPSA) is 73.4 Å². The van der Waals surface area contributed by atoms with Gasteiger partial charge in [-0.1, -0.05) is 11.9 Å². The van der Waals surface area contributed by atoms with Crippen molar-refractivity contribution in [2.75, 3.05) is 31.3 Å². The summed E-state index contributed by atoms with van der Waals surface area (Å²) < 4.78 is 17.6. The van der Waals surface area contributed by atoms with E-state index >= 15 is 0 Å². The smallest absolute Gasteiger partial charge is 0.191 e. The standard InChI is InChI=1S/C24H24FN7S2/c1-30(24-28-21(15-34-24)16-3-5-18(25)6-4-16)23-20(9-12-26)27-22-8-7-19(29-32(22)23)17-10-13-31(33-2)14-11-17/h3-8,15,17H,9-11,13-14H2,1-2H3. The molecule has 34 heavy (non-hydrogen) atoms. The Morgan fingerprint density at radius 1 is 1.18 bits per heavy atom. The number of imidazole rings is 1. The number of aromatic nitrogens is 4. The van der Waals surface area contributed by atoms with Gasteiger partial charge in [0.1, 0.15) is 5.82 Å². The van der Waals surface area contributed by atoms with Crippen molar-refractivity contribution in [1.82, 2.24) is 23.9 Å². The number of halogens is 1. The Labute approximate surface area is 206 Å². The summed E-state index contributed by atoms with van der Waals surface area (Å²) in [5, 5.41) is 17.1. The second-order valence-electron chi connectivity index (χ2n) is 8.21. The van der Waals surface area contributed by atoms with Crippen molar-refractivity contribution >= 4 is 39.9 Å². The Kier molecular flexibility index (Phi) is 6.50. The lowest BCUT2D eigenvalue weighted by Gasteiger charge is -2.29. The third-order valence-corrected chi connectivity index (χ3v) is 7.96. The fraction of sp³-hybridized carbons (Fsp3) is 0.333. The van der Waals surface area contributed by atoms with Crippen molar-refractivity contribution < 1.29 is 4.39 Å². The number of fused-ring (bicyclic) bond motifs is 1. The van der Waals surface area contributed by atoms with Gasteiger partial charge in [0.2, 0.25) is 0 Å². The van der Waals surface area contributed by atoms with Gasteiger partial charge in [0.25, 0.3) is 0 Å². The molecule has 0 unspecified atom stereocenters. The molecule has 3 aromatic heterocycles. The van der Waals surface area contributed by atoms with Crippen LogP contribution in [0.15, 0.2) is 41.8 Å². The molecule has 4 heterocycles. The number of thiazole rings is 1. The average molecular weight is 494 g/mol. The predicted octanol–water partition coefficient (Wildman–Crippen LogP) is 5.28. The predicted molar refractivity (Wildman–Crippen MR) is 135 cm³/mol. The second kappa shape index (κ2) is 9.70.